The molecule has 4 aromatic rings. The number of aryl methyl sites for hydroxylation is 1. The summed E-state index contributed by atoms with van der Waals surface area (Å²) >= 11 is 1.32. The first-order chi connectivity index (χ1) is 26.9. The molecule has 9 heteroatoms. The van der Waals surface area contributed by atoms with Gasteiger partial charge in [0.15, 0.2) is 5.00 Å². The van der Waals surface area contributed by atoms with Crippen LogP contribution in [-0.2, 0) is 6.42 Å². The van der Waals surface area contributed by atoms with Crippen LogP contribution in [0.3, 0.4) is 0 Å². The van der Waals surface area contributed by atoms with Gasteiger partial charge in [0, 0.05) is 31.8 Å². The smallest absolute Gasteiger partial charge is 0.159 e. The molecule has 0 bridgehead atoms. The standard InChI is InChI=1S/C46H63N7OS/c1-8-13-17-22-36-25-27-38(28-26-36)49-52-46-44(37-23-18-16-19-24-37)39(31-47)45(55-46)51-50-41-30-43(54-7)42(29-40(41)48-6)53(32-34(11-4)20-14-9-2)33-35(12-5)21-15-10-3/h16,18-19,23-30,34-35,48H,8-15,17,20-22,32-33H2,1-7H3. The number of azo groups is 2. The molecule has 55 heavy (non-hydrogen) atoms. The summed E-state index contributed by atoms with van der Waals surface area (Å²) < 4.78 is 6.09. The van der Waals surface area contributed by atoms with E-state index in [1.807, 2.05) is 55.6 Å². The van der Waals surface area contributed by atoms with Crippen molar-refractivity contribution in [2.24, 2.45) is 32.3 Å². The second-order valence-electron chi connectivity index (χ2n) is 14.5. The highest BCUT2D eigenvalue weighted by molar-refractivity contribution is 7.20. The van der Waals surface area contributed by atoms with Crippen LogP contribution in [0.25, 0.3) is 11.1 Å². The number of rotatable bonds is 24. The number of anilines is 2. The molecule has 1 N–H and O–H groups in total. The number of hydrogen-bond acceptors (Lipinski definition) is 9. The Balaban J connectivity index is 1.73. The van der Waals surface area contributed by atoms with E-state index < -0.39 is 0 Å². The minimum atomic E-state index is 0.427. The van der Waals surface area contributed by atoms with E-state index in [1.54, 1.807) is 7.11 Å². The normalized spacial score (nSPS) is 12.6. The Morgan fingerprint density at radius 2 is 1.40 bits per heavy atom. The topological polar surface area (TPSA) is 97.7 Å². The number of unbranched alkanes of at least 4 members (excludes halogenated alkanes) is 4. The van der Waals surface area contributed by atoms with E-state index in [0.717, 1.165) is 60.7 Å². The van der Waals surface area contributed by atoms with E-state index in [0.29, 0.717) is 38.7 Å². The summed E-state index contributed by atoms with van der Waals surface area (Å²) in [4.78, 5) is 2.56. The molecule has 0 amide bonds. The zero-order valence-electron chi connectivity index (χ0n) is 34.4. The van der Waals surface area contributed by atoms with Crippen LogP contribution < -0.4 is 15.0 Å². The molecule has 0 aliphatic rings. The highest BCUT2D eigenvalue weighted by atomic mass is 32.1. The summed E-state index contributed by atoms with van der Waals surface area (Å²) in [6.07, 6.45) is 14.3. The minimum Gasteiger partial charge on any atom is -0.494 e. The van der Waals surface area contributed by atoms with Gasteiger partial charge in [0.2, 0.25) is 0 Å². The first kappa shape index (κ1) is 43.2. The Kier molecular flexibility index (Phi) is 18.4. The van der Waals surface area contributed by atoms with Gasteiger partial charge in [-0.2, -0.15) is 5.26 Å². The highest BCUT2D eigenvalue weighted by Gasteiger charge is 2.23. The molecule has 0 saturated carbocycles. The monoisotopic (exact) mass is 761 g/mol. The third-order valence-corrected chi connectivity index (χ3v) is 11.5. The number of thiophene rings is 1. The van der Waals surface area contributed by atoms with Gasteiger partial charge in [0.1, 0.15) is 28.1 Å². The van der Waals surface area contributed by atoms with Crippen molar-refractivity contribution in [2.45, 2.75) is 112 Å². The predicted octanol–water partition coefficient (Wildman–Crippen LogP) is 15.1. The third kappa shape index (κ3) is 12.5. The second-order valence-corrected chi connectivity index (χ2v) is 15.5. The molecule has 1 heterocycles. The maximum Gasteiger partial charge on any atom is 0.159 e. The van der Waals surface area contributed by atoms with Gasteiger partial charge < -0.3 is 15.0 Å². The second kappa shape index (κ2) is 23.4. The number of nitrogens with zero attached hydrogens (tertiary/aromatic N) is 6. The summed E-state index contributed by atoms with van der Waals surface area (Å²) in [5, 5.41) is 33.7. The molecule has 8 nitrogen and oxygen atoms in total. The fraction of sp³-hybridized carbons (Fsp3) is 0.500. The Morgan fingerprint density at radius 1 is 0.764 bits per heavy atom. The molecule has 0 aliphatic heterocycles. The van der Waals surface area contributed by atoms with Gasteiger partial charge in [-0.15, -0.1) is 20.5 Å². The molecule has 294 valence electrons. The van der Waals surface area contributed by atoms with Crippen molar-refractivity contribution < 1.29 is 4.74 Å². The van der Waals surface area contributed by atoms with E-state index in [-0.39, 0.29) is 0 Å². The SMILES string of the molecule is CCCCCc1ccc(N=Nc2sc(N=Nc3cc(OC)c(N(CC(CC)CCCC)CC(CC)CCCC)cc3NC)c(C#N)c2-c2ccccc2)cc1. The lowest BCUT2D eigenvalue weighted by molar-refractivity contribution is 0.390. The number of nitriles is 1. The lowest BCUT2D eigenvalue weighted by Gasteiger charge is -2.34. The van der Waals surface area contributed by atoms with Gasteiger partial charge in [0.25, 0.3) is 0 Å². The first-order valence-corrected chi connectivity index (χ1v) is 21.4. The lowest BCUT2D eigenvalue weighted by atomic mass is 9.95. The molecule has 0 saturated heterocycles. The molecular formula is C46H63N7OS. The van der Waals surface area contributed by atoms with Crippen LogP contribution >= 0.6 is 11.3 Å². The molecule has 0 spiro atoms. The van der Waals surface area contributed by atoms with Crippen LogP contribution in [0.4, 0.5) is 32.8 Å². The van der Waals surface area contributed by atoms with Crippen LogP contribution in [0, 0.1) is 23.2 Å². The van der Waals surface area contributed by atoms with Gasteiger partial charge in [-0.05, 0) is 66.8 Å². The summed E-state index contributed by atoms with van der Waals surface area (Å²) in [6.45, 7) is 13.4. The summed E-state index contributed by atoms with van der Waals surface area (Å²) in [5.41, 5.74) is 6.65. The molecule has 0 aliphatic carbocycles. The van der Waals surface area contributed by atoms with Gasteiger partial charge in [-0.25, -0.2) is 0 Å². The Bertz CT molecular complexity index is 1810. The summed E-state index contributed by atoms with van der Waals surface area (Å²) in [5.74, 6) is 1.98. The Morgan fingerprint density at radius 3 is 1.96 bits per heavy atom. The molecule has 4 rings (SSSR count). The van der Waals surface area contributed by atoms with E-state index in [4.69, 9.17) is 15.0 Å². The Hall–Kier alpha value is -4.55. The van der Waals surface area contributed by atoms with Crippen molar-refractivity contribution in [3.63, 3.8) is 0 Å². The average Bonchev–Trinajstić information content (AvgIpc) is 3.59. The van der Waals surface area contributed by atoms with Crippen molar-refractivity contribution in [1.29, 1.82) is 5.26 Å². The maximum atomic E-state index is 10.5. The van der Waals surface area contributed by atoms with Crippen LogP contribution in [0.2, 0.25) is 0 Å². The van der Waals surface area contributed by atoms with Gasteiger partial charge in [-0.1, -0.05) is 140 Å². The van der Waals surface area contributed by atoms with Crippen LogP contribution in [0.1, 0.15) is 116 Å². The van der Waals surface area contributed by atoms with Crippen molar-refractivity contribution in [2.75, 3.05) is 37.5 Å². The van der Waals surface area contributed by atoms with E-state index in [1.165, 1.54) is 74.7 Å². The fourth-order valence-corrected chi connectivity index (χ4v) is 7.93. The molecule has 3 aromatic carbocycles. The predicted molar refractivity (Wildman–Crippen MR) is 234 cm³/mol. The number of methoxy groups -OCH3 is 1. The van der Waals surface area contributed by atoms with E-state index >= 15 is 0 Å². The summed E-state index contributed by atoms with van der Waals surface area (Å²) in [7, 11) is 3.65. The van der Waals surface area contributed by atoms with Gasteiger partial charge in [-0.3, -0.25) is 0 Å². The molecule has 2 atom stereocenters. The number of nitrogens with one attached hydrogen (secondary N) is 1. The average molecular weight is 762 g/mol. The van der Waals surface area contributed by atoms with Crippen molar-refractivity contribution in [3.8, 4) is 22.9 Å². The molecule has 1 aromatic heterocycles. The quantitative estimate of drug-likeness (QED) is 0.0568. The van der Waals surface area contributed by atoms with Crippen molar-refractivity contribution in [1.82, 2.24) is 0 Å². The zero-order chi connectivity index (χ0) is 39.4. The van der Waals surface area contributed by atoms with E-state index in [9.17, 15) is 5.26 Å². The molecule has 0 radical (unpaired) electrons. The van der Waals surface area contributed by atoms with Crippen molar-refractivity contribution in [3.05, 3.63) is 77.9 Å². The third-order valence-electron chi connectivity index (χ3n) is 10.5. The van der Waals surface area contributed by atoms with Crippen LogP contribution in [0.15, 0.2) is 87.2 Å². The van der Waals surface area contributed by atoms with Crippen molar-refractivity contribution >= 4 is 44.1 Å². The van der Waals surface area contributed by atoms with Gasteiger partial charge >= 0.3 is 0 Å². The van der Waals surface area contributed by atoms with Crippen LogP contribution in [-0.4, -0.2) is 27.2 Å². The zero-order valence-corrected chi connectivity index (χ0v) is 35.2. The lowest BCUT2D eigenvalue weighted by Crippen LogP contribution is -2.34. The van der Waals surface area contributed by atoms with E-state index in [2.05, 4.69) is 79.3 Å². The number of ether oxygens (including phenoxy) is 1. The first-order valence-electron chi connectivity index (χ1n) is 20.6. The number of benzene rings is 3. The van der Waals surface area contributed by atoms with Gasteiger partial charge in [0.05, 0.1) is 24.2 Å². The Labute approximate surface area is 335 Å². The molecule has 2 unspecified atom stereocenters. The maximum absolute atomic E-state index is 10.5. The molecular weight excluding hydrogens is 699 g/mol. The molecule has 0 fully saturated rings. The largest absolute Gasteiger partial charge is 0.494 e. The fourth-order valence-electron chi connectivity index (χ4n) is 7.02. The highest BCUT2D eigenvalue weighted by Crippen LogP contribution is 2.48. The number of hydrogen-bond donors (Lipinski definition) is 1. The minimum absolute atomic E-state index is 0.427. The van der Waals surface area contributed by atoms with Crippen LogP contribution in [0.5, 0.6) is 5.75 Å². The summed E-state index contributed by atoms with van der Waals surface area (Å²) in [6, 6.07) is 24.7.